The topological polar surface area (TPSA) is 77.1 Å². The van der Waals surface area contributed by atoms with E-state index < -0.39 is 24.6 Å². The number of alkyl halides is 2. The predicted molar refractivity (Wildman–Crippen MR) is 106 cm³/mol. The Morgan fingerprint density at radius 2 is 1.73 bits per heavy atom. The molecule has 1 amide bonds. The van der Waals surface area contributed by atoms with Crippen LogP contribution in [0, 0.1) is 0 Å². The second-order valence-electron chi connectivity index (χ2n) is 6.56. The van der Waals surface area contributed by atoms with Crippen molar-refractivity contribution in [2.45, 2.75) is 19.6 Å². The number of carbonyl (C=O) groups excluding carboxylic acids is 2. The number of amides is 1. The fourth-order valence-corrected chi connectivity index (χ4v) is 2.93. The fraction of sp³-hybridized carbons (Fsp3) is 0.333. The zero-order chi connectivity index (χ0) is 21.5. The minimum absolute atomic E-state index is 0.188. The third-order valence-corrected chi connectivity index (χ3v) is 4.49. The van der Waals surface area contributed by atoms with Crippen molar-refractivity contribution in [2.24, 2.45) is 0 Å². The lowest BCUT2D eigenvalue weighted by atomic mass is 10.2. The zero-order valence-electron chi connectivity index (χ0n) is 16.3. The Morgan fingerprint density at radius 3 is 2.40 bits per heavy atom. The number of nitrogens with zero attached hydrogens (tertiary/aromatic N) is 1. The molecule has 9 heteroatoms. The summed E-state index contributed by atoms with van der Waals surface area (Å²) in [4.78, 5) is 26.8. The van der Waals surface area contributed by atoms with Crippen LogP contribution in [0.4, 0.5) is 20.2 Å². The summed E-state index contributed by atoms with van der Waals surface area (Å²) in [5.41, 5.74) is 1.38. The molecule has 0 aromatic heterocycles. The zero-order valence-corrected chi connectivity index (χ0v) is 16.3. The maximum Gasteiger partial charge on any atom is 0.387 e. The van der Waals surface area contributed by atoms with Crippen LogP contribution >= 0.6 is 0 Å². The highest BCUT2D eigenvalue weighted by molar-refractivity contribution is 5.98. The first-order valence-corrected chi connectivity index (χ1v) is 9.42. The van der Waals surface area contributed by atoms with E-state index in [4.69, 9.17) is 9.47 Å². The van der Waals surface area contributed by atoms with Gasteiger partial charge in [0.25, 0.3) is 5.91 Å². The van der Waals surface area contributed by atoms with Crippen molar-refractivity contribution < 1.29 is 32.6 Å². The monoisotopic (exact) mass is 420 g/mol. The number of nitrogens with one attached hydrogen (secondary N) is 1. The molecule has 30 heavy (non-hydrogen) atoms. The van der Waals surface area contributed by atoms with Crippen molar-refractivity contribution in [3.63, 3.8) is 0 Å². The molecule has 7 nitrogen and oxygen atoms in total. The molecule has 0 unspecified atom stereocenters. The van der Waals surface area contributed by atoms with Crippen LogP contribution in [0.2, 0.25) is 0 Å². The summed E-state index contributed by atoms with van der Waals surface area (Å²) in [5, 5.41) is 2.66. The first-order chi connectivity index (χ1) is 14.4. The Hall–Kier alpha value is -3.20. The summed E-state index contributed by atoms with van der Waals surface area (Å²) in [6.45, 7) is 1.26. The molecular formula is C21H22F2N2O5. The Balaban J connectivity index is 1.57. The molecule has 1 aliphatic rings. The highest BCUT2D eigenvalue weighted by Gasteiger charge is 2.22. The number of morpholine rings is 1. The van der Waals surface area contributed by atoms with Gasteiger partial charge in [0.1, 0.15) is 11.3 Å². The quantitative estimate of drug-likeness (QED) is 0.693. The highest BCUT2D eigenvalue weighted by Crippen LogP contribution is 2.22. The highest BCUT2D eigenvalue weighted by atomic mass is 19.3. The van der Waals surface area contributed by atoms with E-state index in [1.54, 1.807) is 12.1 Å². The Bertz CT molecular complexity index is 870. The summed E-state index contributed by atoms with van der Waals surface area (Å²) in [7, 11) is 0. The Morgan fingerprint density at radius 1 is 1.07 bits per heavy atom. The van der Waals surface area contributed by atoms with Gasteiger partial charge in [0.2, 0.25) is 0 Å². The van der Waals surface area contributed by atoms with E-state index >= 15 is 0 Å². The van der Waals surface area contributed by atoms with E-state index in [0.29, 0.717) is 18.9 Å². The number of hydrogen-bond donors (Lipinski definition) is 1. The van der Waals surface area contributed by atoms with Crippen molar-refractivity contribution >= 4 is 23.3 Å². The number of esters is 1. The van der Waals surface area contributed by atoms with Gasteiger partial charge in [-0.1, -0.05) is 12.1 Å². The lowest BCUT2D eigenvalue weighted by molar-refractivity contribution is -0.123. The SMILES string of the molecule is C[C@H](OC(=O)c1ccccc1OC(F)F)C(=O)Nc1ccc(N2CCOCC2)cc1. The molecule has 160 valence electrons. The number of hydrogen-bond acceptors (Lipinski definition) is 6. The van der Waals surface area contributed by atoms with Crippen LogP contribution in [0.25, 0.3) is 0 Å². The third kappa shape index (κ3) is 5.66. The van der Waals surface area contributed by atoms with Crippen molar-refractivity contribution in [1.82, 2.24) is 0 Å². The van der Waals surface area contributed by atoms with Crippen LogP contribution in [0.5, 0.6) is 5.75 Å². The number of halogens is 2. The number of carbonyl (C=O) groups is 2. The van der Waals surface area contributed by atoms with Crippen LogP contribution in [-0.2, 0) is 14.3 Å². The van der Waals surface area contributed by atoms with Crippen LogP contribution in [-0.4, -0.2) is 50.9 Å². The third-order valence-electron chi connectivity index (χ3n) is 4.49. The Kier molecular flexibility index (Phi) is 7.18. The molecule has 2 aromatic rings. The van der Waals surface area contributed by atoms with Crippen LogP contribution in [0.1, 0.15) is 17.3 Å². The average Bonchev–Trinajstić information content (AvgIpc) is 2.74. The molecule has 3 rings (SSSR count). The summed E-state index contributed by atoms with van der Waals surface area (Å²) < 4.78 is 39.8. The van der Waals surface area contributed by atoms with Gasteiger partial charge >= 0.3 is 12.6 Å². The fourth-order valence-electron chi connectivity index (χ4n) is 2.93. The van der Waals surface area contributed by atoms with Gasteiger partial charge in [-0.05, 0) is 43.3 Å². The van der Waals surface area contributed by atoms with Crippen molar-refractivity contribution in [2.75, 3.05) is 36.5 Å². The van der Waals surface area contributed by atoms with E-state index in [1.165, 1.54) is 31.2 Å². The standard InChI is InChI=1S/C21H22F2N2O5/c1-14(29-20(27)17-4-2-3-5-18(17)30-21(22)23)19(26)24-15-6-8-16(9-7-15)25-10-12-28-13-11-25/h2-9,14,21H,10-13H2,1H3,(H,24,26)/t14-/m0/s1. The van der Waals surface area contributed by atoms with Crippen LogP contribution < -0.4 is 15.0 Å². The van der Waals surface area contributed by atoms with Gasteiger partial charge in [-0.15, -0.1) is 0 Å². The number of benzene rings is 2. The van der Waals surface area contributed by atoms with Gasteiger partial charge in [-0.25, -0.2) is 4.79 Å². The molecule has 1 N–H and O–H groups in total. The molecule has 1 atom stereocenters. The second kappa shape index (κ2) is 10.0. The molecule has 0 radical (unpaired) electrons. The van der Waals surface area contributed by atoms with E-state index in [2.05, 4.69) is 15.0 Å². The van der Waals surface area contributed by atoms with Gasteiger partial charge < -0.3 is 24.4 Å². The smallest absolute Gasteiger partial charge is 0.387 e. The summed E-state index contributed by atoms with van der Waals surface area (Å²) in [6, 6.07) is 12.7. The molecule has 0 bridgehead atoms. The first kappa shape index (κ1) is 21.5. The minimum atomic E-state index is -3.08. The lowest BCUT2D eigenvalue weighted by Gasteiger charge is -2.28. The molecule has 1 fully saturated rings. The summed E-state index contributed by atoms with van der Waals surface area (Å²) in [5.74, 6) is -1.80. The molecule has 1 saturated heterocycles. The molecule has 0 saturated carbocycles. The van der Waals surface area contributed by atoms with Crippen LogP contribution in [0.3, 0.4) is 0 Å². The maximum atomic E-state index is 12.5. The molecule has 2 aromatic carbocycles. The molecule has 1 heterocycles. The maximum absolute atomic E-state index is 12.5. The number of rotatable bonds is 7. The largest absolute Gasteiger partial charge is 0.449 e. The van der Waals surface area contributed by atoms with E-state index in [1.807, 2.05) is 12.1 Å². The summed E-state index contributed by atoms with van der Waals surface area (Å²) in [6.07, 6.45) is -1.14. The normalized spacial score (nSPS) is 14.9. The number of ether oxygens (including phenoxy) is 3. The summed E-state index contributed by atoms with van der Waals surface area (Å²) >= 11 is 0. The number of anilines is 2. The average molecular weight is 420 g/mol. The van der Waals surface area contributed by atoms with Crippen LogP contribution in [0.15, 0.2) is 48.5 Å². The van der Waals surface area contributed by atoms with Gasteiger partial charge in [0.15, 0.2) is 6.10 Å². The van der Waals surface area contributed by atoms with Gasteiger partial charge in [0.05, 0.1) is 13.2 Å². The van der Waals surface area contributed by atoms with E-state index in [9.17, 15) is 18.4 Å². The first-order valence-electron chi connectivity index (χ1n) is 9.42. The van der Waals surface area contributed by atoms with Gasteiger partial charge in [0, 0.05) is 24.5 Å². The number of para-hydroxylation sites is 1. The Labute approximate surface area is 172 Å². The van der Waals surface area contributed by atoms with E-state index in [-0.39, 0.29) is 11.3 Å². The second-order valence-corrected chi connectivity index (χ2v) is 6.56. The van der Waals surface area contributed by atoms with Gasteiger partial charge in [-0.3, -0.25) is 4.79 Å². The predicted octanol–water partition coefficient (Wildman–Crippen LogP) is 3.31. The minimum Gasteiger partial charge on any atom is -0.449 e. The van der Waals surface area contributed by atoms with Crippen molar-refractivity contribution in [3.05, 3.63) is 54.1 Å². The molecular weight excluding hydrogens is 398 g/mol. The lowest BCUT2D eigenvalue weighted by Crippen LogP contribution is -2.36. The van der Waals surface area contributed by atoms with Gasteiger partial charge in [-0.2, -0.15) is 8.78 Å². The van der Waals surface area contributed by atoms with Crippen molar-refractivity contribution in [3.8, 4) is 5.75 Å². The van der Waals surface area contributed by atoms with Crippen molar-refractivity contribution in [1.29, 1.82) is 0 Å². The molecule has 1 aliphatic heterocycles. The molecule has 0 aliphatic carbocycles. The van der Waals surface area contributed by atoms with E-state index in [0.717, 1.165) is 18.8 Å². The molecule has 0 spiro atoms.